The molecule has 0 bridgehead atoms. The molecule has 6 heteroatoms. The first-order valence-electron chi connectivity index (χ1n) is 6.12. The quantitative estimate of drug-likeness (QED) is 0.487. The van der Waals surface area contributed by atoms with Crippen LogP contribution in [0.2, 0.25) is 0 Å². The van der Waals surface area contributed by atoms with Gasteiger partial charge in [0.25, 0.3) is 0 Å². The van der Waals surface area contributed by atoms with Gasteiger partial charge in [0.1, 0.15) is 0 Å². The maximum Gasteiger partial charge on any atom is 0.397 e. The number of ether oxygens (including phenoxy) is 1. The van der Waals surface area contributed by atoms with Gasteiger partial charge in [-0.05, 0) is 20.3 Å². The van der Waals surface area contributed by atoms with Crippen molar-refractivity contribution in [3.63, 3.8) is 0 Å². The summed E-state index contributed by atoms with van der Waals surface area (Å²) < 4.78 is 39.0. The third-order valence-electron chi connectivity index (χ3n) is 2.37. The Kier molecular flexibility index (Phi) is 8.77. The van der Waals surface area contributed by atoms with Crippen LogP contribution in [0.1, 0.15) is 52.9 Å². The van der Waals surface area contributed by atoms with E-state index in [0.717, 1.165) is 12.8 Å². The lowest BCUT2D eigenvalue weighted by Crippen LogP contribution is -2.23. The van der Waals surface area contributed by atoms with E-state index in [2.05, 4.69) is 11.1 Å². The average Bonchev–Trinajstić information content (AvgIpc) is 2.19. The molecule has 104 valence electrons. The highest BCUT2D eigenvalue weighted by molar-refractivity contribution is 7.80. The molecule has 5 nitrogen and oxygen atoms in total. The number of hydrogen-bond donors (Lipinski definition) is 1. The minimum absolute atomic E-state index is 0.0827. The van der Waals surface area contributed by atoms with E-state index in [4.69, 9.17) is 9.29 Å². The molecule has 0 spiro atoms. The van der Waals surface area contributed by atoms with Crippen LogP contribution >= 0.6 is 0 Å². The van der Waals surface area contributed by atoms with Crippen molar-refractivity contribution in [3.05, 3.63) is 0 Å². The molecule has 0 rings (SSSR count). The van der Waals surface area contributed by atoms with E-state index in [9.17, 15) is 8.42 Å². The van der Waals surface area contributed by atoms with E-state index in [0.29, 0.717) is 0 Å². The number of hydrogen-bond acceptors (Lipinski definition) is 4. The smallest absolute Gasteiger partial charge is 0.376 e. The summed E-state index contributed by atoms with van der Waals surface area (Å²) >= 11 is 0. The van der Waals surface area contributed by atoms with Crippen molar-refractivity contribution in [3.8, 4) is 0 Å². The molecule has 0 aromatic carbocycles. The van der Waals surface area contributed by atoms with Gasteiger partial charge in [0.15, 0.2) is 0 Å². The zero-order valence-corrected chi connectivity index (χ0v) is 11.7. The Morgan fingerprint density at radius 3 is 2.29 bits per heavy atom. The van der Waals surface area contributed by atoms with Gasteiger partial charge in [-0.1, -0.05) is 32.6 Å². The van der Waals surface area contributed by atoms with Gasteiger partial charge in [0.2, 0.25) is 0 Å². The Labute approximate surface area is 104 Å². The van der Waals surface area contributed by atoms with Gasteiger partial charge in [0.05, 0.1) is 18.8 Å². The maximum atomic E-state index is 10.4. The molecule has 0 heterocycles. The van der Waals surface area contributed by atoms with Gasteiger partial charge in [-0.15, -0.1) is 0 Å². The Hall–Kier alpha value is -0.170. The van der Waals surface area contributed by atoms with Crippen LogP contribution in [0.25, 0.3) is 0 Å². The zero-order valence-electron chi connectivity index (χ0n) is 10.9. The molecule has 0 aliphatic rings. The summed E-state index contributed by atoms with van der Waals surface area (Å²) in [5.41, 5.74) is 0. The van der Waals surface area contributed by atoms with Gasteiger partial charge in [0, 0.05) is 0 Å². The molecule has 0 radical (unpaired) electrons. The molecule has 0 saturated heterocycles. The predicted octanol–water partition coefficient (Wildman–Crippen LogP) is 2.57. The minimum Gasteiger partial charge on any atom is -0.376 e. The molecule has 0 saturated carbocycles. The summed E-state index contributed by atoms with van der Waals surface area (Å²) in [4.78, 5) is 0. The molecule has 2 atom stereocenters. The third kappa shape index (κ3) is 12.1. The molecule has 0 amide bonds. The van der Waals surface area contributed by atoms with Crippen molar-refractivity contribution in [1.82, 2.24) is 0 Å². The van der Waals surface area contributed by atoms with Crippen LogP contribution in [0, 0.1) is 0 Å². The van der Waals surface area contributed by atoms with Gasteiger partial charge < -0.3 is 4.74 Å². The van der Waals surface area contributed by atoms with E-state index < -0.39 is 16.5 Å². The Morgan fingerprint density at radius 2 is 1.76 bits per heavy atom. The number of unbranched alkanes of at least 4 members (excludes halogenated alkanes) is 3. The SMILES string of the molecule is CCCCCCC(C)OCC(C)OS(=O)(=O)O. The first-order valence-corrected chi connectivity index (χ1v) is 7.49. The fourth-order valence-corrected chi connectivity index (χ4v) is 1.95. The topological polar surface area (TPSA) is 72.8 Å². The maximum absolute atomic E-state index is 10.4. The predicted molar refractivity (Wildman–Crippen MR) is 66.3 cm³/mol. The van der Waals surface area contributed by atoms with Crippen LogP contribution in [0.15, 0.2) is 0 Å². The lowest BCUT2D eigenvalue weighted by Gasteiger charge is -2.16. The van der Waals surface area contributed by atoms with Crippen molar-refractivity contribution in [1.29, 1.82) is 0 Å². The van der Waals surface area contributed by atoms with Crippen LogP contribution < -0.4 is 0 Å². The van der Waals surface area contributed by atoms with E-state index in [1.807, 2.05) is 6.92 Å². The van der Waals surface area contributed by atoms with Crippen LogP contribution in [0.4, 0.5) is 0 Å². The summed E-state index contributed by atoms with van der Waals surface area (Å²) in [6, 6.07) is 0. The summed E-state index contributed by atoms with van der Waals surface area (Å²) in [5.74, 6) is 0. The molecule has 0 aliphatic heterocycles. The van der Waals surface area contributed by atoms with Crippen molar-refractivity contribution < 1.29 is 21.9 Å². The van der Waals surface area contributed by atoms with Crippen molar-refractivity contribution in [2.24, 2.45) is 0 Å². The Morgan fingerprint density at radius 1 is 1.12 bits per heavy atom. The second kappa shape index (κ2) is 8.85. The Bertz CT molecular complexity index is 276. The van der Waals surface area contributed by atoms with Crippen LogP contribution in [0.5, 0.6) is 0 Å². The monoisotopic (exact) mass is 268 g/mol. The van der Waals surface area contributed by atoms with Crippen LogP contribution in [-0.2, 0) is 19.3 Å². The van der Waals surface area contributed by atoms with Gasteiger partial charge in [-0.2, -0.15) is 8.42 Å². The lowest BCUT2D eigenvalue weighted by atomic mass is 10.1. The van der Waals surface area contributed by atoms with Gasteiger partial charge in [-0.3, -0.25) is 4.55 Å². The van der Waals surface area contributed by atoms with E-state index >= 15 is 0 Å². The fraction of sp³-hybridized carbons (Fsp3) is 1.00. The highest BCUT2D eigenvalue weighted by atomic mass is 32.3. The molecular formula is C11H24O5S. The van der Waals surface area contributed by atoms with Crippen LogP contribution in [-0.4, -0.2) is 31.8 Å². The number of rotatable bonds is 10. The molecule has 0 aromatic rings. The normalized spacial score (nSPS) is 15.8. The van der Waals surface area contributed by atoms with E-state index in [-0.39, 0.29) is 12.7 Å². The average molecular weight is 268 g/mol. The summed E-state index contributed by atoms with van der Waals surface area (Å²) in [7, 11) is -4.38. The fourth-order valence-electron chi connectivity index (χ4n) is 1.48. The largest absolute Gasteiger partial charge is 0.397 e. The highest BCUT2D eigenvalue weighted by Gasteiger charge is 2.13. The van der Waals surface area contributed by atoms with Crippen molar-refractivity contribution in [2.45, 2.75) is 65.1 Å². The standard InChI is InChI=1S/C11H24O5S/c1-4-5-6-7-8-10(2)15-9-11(3)16-17(12,13)14/h10-11H,4-9H2,1-3H3,(H,12,13,14). The molecule has 17 heavy (non-hydrogen) atoms. The summed E-state index contributed by atoms with van der Waals surface area (Å²) in [6.45, 7) is 5.81. The van der Waals surface area contributed by atoms with Crippen LogP contribution in [0.3, 0.4) is 0 Å². The van der Waals surface area contributed by atoms with E-state index in [1.54, 1.807) is 0 Å². The Balaban J connectivity index is 3.58. The summed E-state index contributed by atoms with van der Waals surface area (Å²) in [6.07, 6.45) is 5.12. The molecule has 2 unspecified atom stereocenters. The minimum atomic E-state index is -4.38. The lowest BCUT2D eigenvalue weighted by molar-refractivity contribution is 0.00849. The first kappa shape index (κ1) is 16.8. The highest BCUT2D eigenvalue weighted by Crippen LogP contribution is 2.09. The second-order valence-corrected chi connectivity index (χ2v) is 5.38. The first-order chi connectivity index (χ1) is 7.85. The molecule has 1 N–H and O–H groups in total. The molecule has 0 aromatic heterocycles. The molecule has 0 aliphatic carbocycles. The van der Waals surface area contributed by atoms with Crippen molar-refractivity contribution in [2.75, 3.05) is 6.61 Å². The third-order valence-corrected chi connectivity index (χ3v) is 2.94. The van der Waals surface area contributed by atoms with Gasteiger partial charge in [-0.25, -0.2) is 4.18 Å². The molecular weight excluding hydrogens is 244 g/mol. The molecule has 0 fully saturated rings. The van der Waals surface area contributed by atoms with Gasteiger partial charge >= 0.3 is 10.4 Å². The second-order valence-electron chi connectivity index (χ2n) is 4.33. The zero-order chi connectivity index (χ0) is 13.3. The van der Waals surface area contributed by atoms with Crippen molar-refractivity contribution >= 4 is 10.4 Å². The summed E-state index contributed by atoms with van der Waals surface area (Å²) in [5, 5.41) is 0. The van der Waals surface area contributed by atoms with E-state index in [1.165, 1.54) is 26.2 Å².